The van der Waals surface area contributed by atoms with Gasteiger partial charge in [0.25, 0.3) is 5.91 Å². The molecular formula is C38H44F2N2O7. The van der Waals surface area contributed by atoms with Crippen LogP contribution >= 0.6 is 0 Å². The predicted octanol–water partition coefficient (Wildman–Crippen LogP) is 7.37. The van der Waals surface area contributed by atoms with Crippen molar-refractivity contribution in [2.45, 2.75) is 77.1 Å². The summed E-state index contributed by atoms with van der Waals surface area (Å²) in [6, 6.07) is 16.1. The SMILES string of the molecule is COC(=O)C(C)(C)Oc1cccc(C2CCCN(C(=O)c3ccc(O[C@H]4CCN(C(=O)OC(C)(C)C)C4)c(-c4ccc(F)c(F)c4)c3)C2)c1. The fourth-order valence-corrected chi connectivity index (χ4v) is 6.18. The number of ether oxygens (including phenoxy) is 4. The van der Waals surface area contributed by atoms with Gasteiger partial charge in [-0.25, -0.2) is 18.4 Å². The molecule has 2 fully saturated rings. The Kier molecular flexibility index (Phi) is 10.5. The molecule has 2 amide bonds. The summed E-state index contributed by atoms with van der Waals surface area (Å²) in [4.78, 5) is 42.1. The quantitative estimate of drug-likeness (QED) is 0.230. The molecule has 2 aliphatic rings. The maximum absolute atomic E-state index is 14.4. The third-order valence-corrected chi connectivity index (χ3v) is 8.64. The molecule has 9 nitrogen and oxygen atoms in total. The van der Waals surface area contributed by atoms with Crippen LogP contribution in [0.3, 0.4) is 0 Å². The summed E-state index contributed by atoms with van der Waals surface area (Å²) >= 11 is 0. The summed E-state index contributed by atoms with van der Waals surface area (Å²) in [5.41, 5.74) is 0.359. The molecule has 3 aromatic rings. The zero-order valence-corrected chi connectivity index (χ0v) is 28.9. The van der Waals surface area contributed by atoms with Gasteiger partial charge in [-0.3, -0.25) is 4.79 Å². The van der Waals surface area contributed by atoms with Gasteiger partial charge in [-0.05, 0) is 101 Å². The Balaban J connectivity index is 1.35. The van der Waals surface area contributed by atoms with Crippen LogP contribution in [0.15, 0.2) is 60.7 Å². The van der Waals surface area contributed by atoms with E-state index >= 15 is 0 Å². The van der Waals surface area contributed by atoms with Crippen molar-refractivity contribution < 1.29 is 42.1 Å². The molecule has 0 spiro atoms. The Morgan fingerprint density at radius 3 is 2.33 bits per heavy atom. The number of likely N-dealkylation sites (tertiary alicyclic amines) is 2. The highest BCUT2D eigenvalue weighted by atomic mass is 19.2. The lowest BCUT2D eigenvalue weighted by Crippen LogP contribution is -2.39. The fourth-order valence-electron chi connectivity index (χ4n) is 6.18. The Bertz CT molecular complexity index is 1700. The second-order valence-electron chi connectivity index (χ2n) is 14.1. The molecule has 2 heterocycles. The van der Waals surface area contributed by atoms with Crippen molar-refractivity contribution in [1.29, 1.82) is 0 Å². The minimum Gasteiger partial charge on any atom is -0.488 e. The zero-order valence-electron chi connectivity index (χ0n) is 28.9. The van der Waals surface area contributed by atoms with Crippen molar-refractivity contribution in [3.8, 4) is 22.6 Å². The minimum atomic E-state index is -1.17. The first-order valence-electron chi connectivity index (χ1n) is 16.5. The summed E-state index contributed by atoms with van der Waals surface area (Å²) in [5.74, 6) is -1.73. The third kappa shape index (κ3) is 8.68. The van der Waals surface area contributed by atoms with Gasteiger partial charge in [0, 0.05) is 43.1 Å². The number of amides is 2. The standard InChI is InChI=1S/C38H44F2N2O7/c1-37(2,3)49-36(45)42-18-16-29(23-42)47-33-15-13-26(20-30(33)25-12-14-31(39)32(40)21-25)34(43)41-17-8-10-27(22-41)24-9-7-11-28(19-24)48-38(4,5)35(44)46-6/h7,9,11-15,19-21,27,29H,8,10,16-18,22-23H2,1-6H3/t27?,29-/m0/s1. The van der Waals surface area contributed by atoms with Crippen LogP contribution in [0.5, 0.6) is 11.5 Å². The van der Waals surface area contributed by atoms with Gasteiger partial charge in [-0.15, -0.1) is 0 Å². The van der Waals surface area contributed by atoms with Crippen LogP contribution in [0, 0.1) is 11.6 Å². The first-order valence-corrected chi connectivity index (χ1v) is 16.5. The van der Waals surface area contributed by atoms with Crippen LogP contribution in [-0.2, 0) is 14.3 Å². The van der Waals surface area contributed by atoms with E-state index in [1.165, 1.54) is 13.2 Å². The Hall–Kier alpha value is -4.67. The average Bonchev–Trinajstić information content (AvgIpc) is 3.53. The molecule has 0 saturated carbocycles. The monoisotopic (exact) mass is 678 g/mol. The van der Waals surface area contributed by atoms with E-state index in [-0.39, 0.29) is 17.9 Å². The molecule has 2 aliphatic heterocycles. The predicted molar refractivity (Wildman–Crippen MR) is 180 cm³/mol. The van der Waals surface area contributed by atoms with E-state index < -0.39 is 34.9 Å². The Labute approximate surface area is 286 Å². The van der Waals surface area contributed by atoms with Gasteiger partial charge >= 0.3 is 12.1 Å². The molecule has 0 radical (unpaired) electrons. The number of carbonyl (C=O) groups excluding carboxylic acids is 3. The molecule has 11 heteroatoms. The third-order valence-electron chi connectivity index (χ3n) is 8.64. The van der Waals surface area contributed by atoms with Crippen molar-refractivity contribution in [2.75, 3.05) is 33.3 Å². The molecule has 1 unspecified atom stereocenters. The lowest BCUT2D eigenvalue weighted by atomic mass is 9.90. The minimum absolute atomic E-state index is 0.0334. The molecule has 49 heavy (non-hydrogen) atoms. The van der Waals surface area contributed by atoms with Crippen LogP contribution < -0.4 is 9.47 Å². The second-order valence-corrected chi connectivity index (χ2v) is 14.1. The van der Waals surface area contributed by atoms with E-state index in [2.05, 4.69) is 0 Å². The summed E-state index contributed by atoms with van der Waals surface area (Å²) in [6.45, 7) is 10.5. The lowest BCUT2D eigenvalue weighted by molar-refractivity contribution is -0.156. The summed E-state index contributed by atoms with van der Waals surface area (Å²) in [5, 5.41) is 0. The number of piperidine rings is 1. The van der Waals surface area contributed by atoms with E-state index in [9.17, 15) is 23.2 Å². The normalized spacial score (nSPS) is 18.2. The zero-order chi connectivity index (χ0) is 35.5. The van der Waals surface area contributed by atoms with Gasteiger partial charge in [0.1, 0.15) is 23.2 Å². The molecular weight excluding hydrogens is 634 g/mol. The second kappa shape index (κ2) is 14.4. The van der Waals surface area contributed by atoms with Gasteiger partial charge < -0.3 is 28.7 Å². The molecule has 2 saturated heterocycles. The van der Waals surface area contributed by atoms with Crippen molar-refractivity contribution in [1.82, 2.24) is 9.80 Å². The number of hydrogen-bond acceptors (Lipinski definition) is 7. The van der Waals surface area contributed by atoms with Crippen LogP contribution in [0.25, 0.3) is 11.1 Å². The van der Waals surface area contributed by atoms with E-state index in [0.29, 0.717) is 60.8 Å². The molecule has 5 rings (SSSR count). The van der Waals surface area contributed by atoms with Gasteiger partial charge in [0.05, 0.1) is 13.7 Å². The number of esters is 1. The summed E-state index contributed by atoms with van der Waals surface area (Å²) in [7, 11) is 1.32. The smallest absolute Gasteiger partial charge is 0.410 e. The Morgan fingerprint density at radius 1 is 0.837 bits per heavy atom. The maximum atomic E-state index is 14.4. The van der Waals surface area contributed by atoms with Crippen molar-refractivity contribution >= 4 is 18.0 Å². The van der Waals surface area contributed by atoms with Crippen LogP contribution in [0.4, 0.5) is 13.6 Å². The highest BCUT2D eigenvalue weighted by molar-refractivity contribution is 5.96. The number of carbonyl (C=O) groups is 3. The van der Waals surface area contributed by atoms with Crippen LogP contribution in [0.2, 0.25) is 0 Å². The van der Waals surface area contributed by atoms with Crippen molar-refractivity contribution in [2.24, 2.45) is 0 Å². The van der Waals surface area contributed by atoms with Crippen LogP contribution in [0.1, 0.15) is 75.7 Å². The lowest BCUT2D eigenvalue weighted by Gasteiger charge is -2.33. The Morgan fingerprint density at radius 2 is 1.61 bits per heavy atom. The topological polar surface area (TPSA) is 94.6 Å². The largest absolute Gasteiger partial charge is 0.488 e. The molecule has 0 aliphatic carbocycles. The molecule has 2 atom stereocenters. The van der Waals surface area contributed by atoms with Gasteiger partial charge in [-0.1, -0.05) is 18.2 Å². The average molecular weight is 679 g/mol. The van der Waals surface area contributed by atoms with Crippen molar-refractivity contribution in [3.63, 3.8) is 0 Å². The number of halogens is 2. The molecule has 262 valence electrons. The highest BCUT2D eigenvalue weighted by Gasteiger charge is 2.33. The highest BCUT2D eigenvalue weighted by Crippen LogP contribution is 2.36. The van der Waals surface area contributed by atoms with Gasteiger partial charge in [0.2, 0.25) is 0 Å². The number of benzene rings is 3. The summed E-state index contributed by atoms with van der Waals surface area (Å²) in [6.07, 6.45) is 1.41. The van der Waals surface area contributed by atoms with E-state index in [4.69, 9.17) is 18.9 Å². The summed E-state index contributed by atoms with van der Waals surface area (Å²) < 4.78 is 51.0. The van der Waals surface area contributed by atoms with E-state index in [1.54, 1.807) is 68.7 Å². The first kappa shape index (κ1) is 35.6. The number of methoxy groups -OCH3 is 1. The number of hydrogen-bond donors (Lipinski definition) is 0. The van der Waals surface area contributed by atoms with Crippen molar-refractivity contribution in [3.05, 3.63) is 83.4 Å². The molecule has 3 aromatic carbocycles. The maximum Gasteiger partial charge on any atom is 0.410 e. The first-order chi connectivity index (χ1) is 23.1. The van der Waals surface area contributed by atoms with Gasteiger partial charge in [-0.2, -0.15) is 0 Å². The molecule has 0 bridgehead atoms. The van der Waals surface area contributed by atoms with Gasteiger partial charge in [0.15, 0.2) is 17.2 Å². The van der Waals surface area contributed by atoms with E-state index in [1.807, 2.05) is 18.2 Å². The number of rotatable bonds is 8. The molecule has 0 N–H and O–H groups in total. The molecule has 0 aromatic heterocycles. The fraction of sp³-hybridized carbons (Fsp3) is 0.447. The van der Waals surface area contributed by atoms with E-state index in [0.717, 1.165) is 30.5 Å². The number of nitrogens with zero attached hydrogens (tertiary/aromatic N) is 2. The van der Waals surface area contributed by atoms with Crippen LogP contribution in [-0.4, -0.2) is 78.4 Å².